The molecule has 20 heavy (non-hydrogen) atoms. The van der Waals surface area contributed by atoms with Gasteiger partial charge in [-0.25, -0.2) is 0 Å². The molecule has 0 saturated heterocycles. The van der Waals surface area contributed by atoms with Gasteiger partial charge in [-0.2, -0.15) is 0 Å². The minimum Gasteiger partial charge on any atom is -0.395 e. The van der Waals surface area contributed by atoms with Crippen molar-refractivity contribution in [1.29, 1.82) is 0 Å². The average Bonchev–Trinajstić information content (AvgIpc) is 2.37. The van der Waals surface area contributed by atoms with Gasteiger partial charge in [0.05, 0.1) is 12.7 Å². The van der Waals surface area contributed by atoms with Gasteiger partial charge in [-0.15, -0.1) is 0 Å². The third-order valence-corrected chi connectivity index (χ3v) is 3.67. The van der Waals surface area contributed by atoms with Gasteiger partial charge in [0.25, 0.3) is 0 Å². The molecule has 3 nitrogen and oxygen atoms in total. The summed E-state index contributed by atoms with van der Waals surface area (Å²) in [5.74, 6) is 0.291. The highest BCUT2D eigenvalue weighted by Gasteiger charge is 2.24. The molecular formula is C17H29NO2. The molecule has 0 aromatic heterocycles. The molecule has 0 aliphatic rings. The SMILES string of the molecule is CC(C)C(NCCO)C(O)c1ccc(C(C)(C)C)cc1. The molecule has 1 aromatic rings. The van der Waals surface area contributed by atoms with Crippen molar-refractivity contribution in [3.8, 4) is 0 Å². The Morgan fingerprint density at radius 2 is 1.65 bits per heavy atom. The Labute approximate surface area is 123 Å². The molecule has 0 amide bonds. The van der Waals surface area contributed by atoms with Crippen LogP contribution in [0.4, 0.5) is 0 Å². The quantitative estimate of drug-likeness (QED) is 0.750. The first-order valence-electron chi connectivity index (χ1n) is 7.40. The maximum Gasteiger partial charge on any atom is 0.0945 e. The van der Waals surface area contributed by atoms with Crippen LogP contribution >= 0.6 is 0 Å². The van der Waals surface area contributed by atoms with Crippen LogP contribution < -0.4 is 5.32 Å². The molecule has 0 spiro atoms. The van der Waals surface area contributed by atoms with Crippen molar-refractivity contribution in [3.05, 3.63) is 35.4 Å². The Balaban J connectivity index is 2.86. The summed E-state index contributed by atoms with van der Waals surface area (Å²) in [6.07, 6.45) is -0.560. The van der Waals surface area contributed by atoms with E-state index in [4.69, 9.17) is 5.11 Å². The standard InChI is InChI=1S/C17H29NO2/c1-12(2)15(18-10-11-19)16(20)13-6-8-14(9-7-13)17(3,4)5/h6-9,12,15-16,18-20H,10-11H2,1-5H3. The monoisotopic (exact) mass is 279 g/mol. The Bertz CT molecular complexity index is 392. The maximum atomic E-state index is 10.5. The van der Waals surface area contributed by atoms with Crippen LogP contribution in [-0.4, -0.2) is 29.4 Å². The summed E-state index contributed by atoms with van der Waals surface area (Å²) < 4.78 is 0. The van der Waals surface area contributed by atoms with E-state index in [0.29, 0.717) is 12.5 Å². The van der Waals surface area contributed by atoms with Gasteiger partial charge in [0.15, 0.2) is 0 Å². The lowest BCUT2D eigenvalue weighted by molar-refractivity contribution is 0.101. The third kappa shape index (κ3) is 4.58. The first kappa shape index (κ1) is 17.2. The lowest BCUT2D eigenvalue weighted by Gasteiger charge is -2.28. The van der Waals surface area contributed by atoms with Crippen molar-refractivity contribution in [2.24, 2.45) is 5.92 Å². The van der Waals surface area contributed by atoms with Crippen LogP contribution in [0.2, 0.25) is 0 Å². The van der Waals surface area contributed by atoms with E-state index in [9.17, 15) is 5.11 Å². The zero-order chi connectivity index (χ0) is 15.3. The van der Waals surface area contributed by atoms with Gasteiger partial charge >= 0.3 is 0 Å². The average molecular weight is 279 g/mol. The van der Waals surface area contributed by atoms with E-state index < -0.39 is 6.10 Å². The van der Waals surface area contributed by atoms with Gasteiger partial charge in [-0.3, -0.25) is 0 Å². The molecule has 114 valence electrons. The molecule has 2 atom stereocenters. The predicted molar refractivity (Wildman–Crippen MR) is 83.8 cm³/mol. The molecule has 2 unspecified atom stereocenters. The summed E-state index contributed by atoms with van der Waals surface area (Å²) >= 11 is 0. The summed E-state index contributed by atoms with van der Waals surface area (Å²) in [5, 5.41) is 22.7. The largest absolute Gasteiger partial charge is 0.395 e. The molecule has 3 N–H and O–H groups in total. The minimum absolute atomic E-state index is 0.0531. The van der Waals surface area contributed by atoms with Gasteiger partial charge in [0, 0.05) is 12.6 Å². The first-order chi connectivity index (χ1) is 9.27. The van der Waals surface area contributed by atoms with E-state index in [-0.39, 0.29) is 18.1 Å². The Hall–Kier alpha value is -0.900. The Kier molecular flexibility index (Phi) is 6.18. The summed E-state index contributed by atoms with van der Waals surface area (Å²) in [6.45, 7) is 11.3. The van der Waals surface area contributed by atoms with E-state index in [1.807, 2.05) is 12.1 Å². The summed E-state index contributed by atoms with van der Waals surface area (Å²) in [7, 11) is 0. The van der Waals surface area contributed by atoms with E-state index in [2.05, 4.69) is 52.1 Å². The van der Waals surface area contributed by atoms with Gasteiger partial charge in [-0.05, 0) is 22.5 Å². The number of hydrogen-bond donors (Lipinski definition) is 3. The summed E-state index contributed by atoms with van der Waals surface area (Å²) in [4.78, 5) is 0. The molecular weight excluding hydrogens is 250 g/mol. The van der Waals surface area contributed by atoms with Crippen LogP contribution in [0.1, 0.15) is 51.8 Å². The van der Waals surface area contributed by atoms with Crippen molar-refractivity contribution < 1.29 is 10.2 Å². The second-order valence-electron chi connectivity index (χ2n) is 6.76. The number of aliphatic hydroxyl groups is 2. The molecule has 1 aromatic carbocycles. The Morgan fingerprint density at radius 1 is 1.10 bits per heavy atom. The summed E-state index contributed by atoms with van der Waals surface area (Å²) in [6, 6.07) is 8.12. The smallest absolute Gasteiger partial charge is 0.0945 e. The van der Waals surface area contributed by atoms with Crippen LogP contribution in [0.25, 0.3) is 0 Å². The zero-order valence-electron chi connectivity index (χ0n) is 13.4. The van der Waals surface area contributed by atoms with Crippen LogP contribution in [0.3, 0.4) is 0 Å². The van der Waals surface area contributed by atoms with Crippen molar-refractivity contribution >= 4 is 0 Å². The molecule has 0 aliphatic heterocycles. The number of aliphatic hydroxyl groups excluding tert-OH is 2. The van der Waals surface area contributed by atoms with Crippen LogP contribution in [0.15, 0.2) is 24.3 Å². The second kappa shape index (κ2) is 7.21. The van der Waals surface area contributed by atoms with E-state index in [1.165, 1.54) is 5.56 Å². The lowest BCUT2D eigenvalue weighted by Crippen LogP contribution is -2.40. The molecule has 0 saturated carbocycles. The first-order valence-corrected chi connectivity index (χ1v) is 7.40. The normalized spacial score (nSPS) is 15.4. The lowest BCUT2D eigenvalue weighted by atomic mass is 9.85. The molecule has 0 aliphatic carbocycles. The number of nitrogens with one attached hydrogen (secondary N) is 1. The molecule has 0 fully saturated rings. The van der Waals surface area contributed by atoms with Crippen molar-refractivity contribution in [2.45, 2.75) is 52.2 Å². The van der Waals surface area contributed by atoms with E-state index in [1.54, 1.807) is 0 Å². The highest BCUT2D eigenvalue weighted by Crippen LogP contribution is 2.26. The van der Waals surface area contributed by atoms with Gasteiger partial charge in [-0.1, -0.05) is 58.9 Å². The van der Waals surface area contributed by atoms with E-state index in [0.717, 1.165) is 5.56 Å². The van der Waals surface area contributed by atoms with Crippen LogP contribution in [0, 0.1) is 5.92 Å². The van der Waals surface area contributed by atoms with Gasteiger partial charge in [0.1, 0.15) is 0 Å². The van der Waals surface area contributed by atoms with Crippen LogP contribution in [0.5, 0.6) is 0 Å². The highest BCUT2D eigenvalue weighted by atomic mass is 16.3. The number of hydrogen-bond acceptors (Lipinski definition) is 3. The molecule has 3 heteroatoms. The van der Waals surface area contributed by atoms with Crippen molar-refractivity contribution in [2.75, 3.05) is 13.2 Å². The second-order valence-corrected chi connectivity index (χ2v) is 6.76. The molecule has 1 rings (SSSR count). The van der Waals surface area contributed by atoms with Crippen molar-refractivity contribution in [1.82, 2.24) is 5.32 Å². The predicted octanol–water partition coefficient (Wildman–Crippen LogP) is 2.62. The zero-order valence-corrected chi connectivity index (χ0v) is 13.4. The maximum absolute atomic E-state index is 10.5. The Morgan fingerprint density at radius 3 is 2.05 bits per heavy atom. The number of rotatable bonds is 6. The molecule has 0 radical (unpaired) electrons. The van der Waals surface area contributed by atoms with Crippen molar-refractivity contribution in [3.63, 3.8) is 0 Å². The minimum atomic E-state index is -0.560. The van der Waals surface area contributed by atoms with Crippen LogP contribution in [-0.2, 0) is 5.41 Å². The van der Waals surface area contributed by atoms with Gasteiger partial charge < -0.3 is 15.5 Å². The highest BCUT2D eigenvalue weighted by molar-refractivity contribution is 5.29. The topological polar surface area (TPSA) is 52.5 Å². The fourth-order valence-corrected chi connectivity index (χ4v) is 2.33. The fourth-order valence-electron chi connectivity index (χ4n) is 2.33. The van der Waals surface area contributed by atoms with E-state index >= 15 is 0 Å². The molecule has 0 bridgehead atoms. The van der Waals surface area contributed by atoms with Gasteiger partial charge in [0.2, 0.25) is 0 Å². The summed E-state index contributed by atoms with van der Waals surface area (Å²) in [5.41, 5.74) is 2.30. The third-order valence-electron chi connectivity index (χ3n) is 3.67. The fraction of sp³-hybridized carbons (Fsp3) is 0.647. The molecule has 0 heterocycles. The number of benzene rings is 1.